The van der Waals surface area contributed by atoms with Crippen LogP contribution in [0.4, 0.5) is 0 Å². The van der Waals surface area contributed by atoms with Crippen LogP contribution in [0, 0.1) is 0 Å². The third-order valence-electron chi connectivity index (χ3n) is 5.18. The molecule has 1 N–H and O–H groups in total. The molecule has 2 aliphatic heterocycles. The fourth-order valence-corrected chi connectivity index (χ4v) is 3.91. The monoisotopic (exact) mass is 335 g/mol. The van der Waals surface area contributed by atoms with Gasteiger partial charge in [-0.2, -0.15) is 0 Å². The van der Waals surface area contributed by atoms with Crippen LogP contribution in [-0.2, 0) is 4.79 Å². The topological polar surface area (TPSA) is 35.6 Å². The van der Waals surface area contributed by atoms with Gasteiger partial charge in [0.1, 0.15) is 0 Å². The van der Waals surface area contributed by atoms with Gasteiger partial charge in [0.15, 0.2) is 0 Å². The lowest BCUT2D eigenvalue weighted by atomic mass is 9.99. The Morgan fingerprint density at radius 3 is 2.87 bits per heavy atom. The SMILES string of the molecule is CN(CC(=O)N1CCC(c2cccc(Cl)c2)C1)C1CCNCC1. The van der Waals surface area contributed by atoms with Gasteiger partial charge in [-0.05, 0) is 57.1 Å². The lowest BCUT2D eigenvalue weighted by Gasteiger charge is -2.32. The van der Waals surface area contributed by atoms with E-state index in [1.807, 2.05) is 23.1 Å². The minimum Gasteiger partial charge on any atom is -0.341 e. The molecular weight excluding hydrogens is 310 g/mol. The molecule has 4 nitrogen and oxygen atoms in total. The van der Waals surface area contributed by atoms with Gasteiger partial charge >= 0.3 is 0 Å². The van der Waals surface area contributed by atoms with Gasteiger partial charge in [-0.15, -0.1) is 0 Å². The van der Waals surface area contributed by atoms with Crippen molar-refractivity contribution < 1.29 is 4.79 Å². The molecule has 2 heterocycles. The number of likely N-dealkylation sites (N-methyl/N-ethyl adjacent to an activating group) is 1. The number of carbonyl (C=O) groups is 1. The summed E-state index contributed by atoms with van der Waals surface area (Å²) in [7, 11) is 2.08. The van der Waals surface area contributed by atoms with Gasteiger partial charge in [-0.25, -0.2) is 0 Å². The van der Waals surface area contributed by atoms with Crippen LogP contribution in [0.1, 0.15) is 30.7 Å². The Morgan fingerprint density at radius 2 is 2.13 bits per heavy atom. The molecule has 2 fully saturated rings. The maximum absolute atomic E-state index is 12.6. The Hall–Kier alpha value is -1.10. The van der Waals surface area contributed by atoms with Crippen molar-refractivity contribution in [3.8, 4) is 0 Å². The van der Waals surface area contributed by atoms with Crippen molar-refractivity contribution in [3.05, 3.63) is 34.9 Å². The van der Waals surface area contributed by atoms with Gasteiger partial charge in [-0.1, -0.05) is 23.7 Å². The molecule has 5 heteroatoms. The van der Waals surface area contributed by atoms with E-state index in [0.717, 1.165) is 50.5 Å². The Morgan fingerprint density at radius 1 is 1.35 bits per heavy atom. The fourth-order valence-electron chi connectivity index (χ4n) is 3.71. The number of rotatable bonds is 4. The van der Waals surface area contributed by atoms with E-state index in [9.17, 15) is 4.79 Å². The minimum atomic E-state index is 0.260. The standard InChI is InChI=1S/C18H26ClN3O/c1-21(17-5-8-20-9-6-17)13-18(23)22-10-7-15(12-22)14-3-2-4-16(19)11-14/h2-4,11,15,17,20H,5-10,12-13H2,1H3. The number of likely N-dealkylation sites (tertiary alicyclic amines) is 1. The number of piperidine rings is 1. The van der Waals surface area contributed by atoms with Gasteiger partial charge in [0.05, 0.1) is 6.54 Å². The summed E-state index contributed by atoms with van der Waals surface area (Å²) in [5.41, 5.74) is 1.25. The molecule has 23 heavy (non-hydrogen) atoms. The number of carbonyl (C=O) groups excluding carboxylic acids is 1. The van der Waals surface area contributed by atoms with E-state index >= 15 is 0 Å². The molecule has 1 unspecified atom stereocenters. The van der Waals surface area contributed by atoms with Crippen LogP contribution in [0.15, 0.2) is 24.3 Å². The van der Waals surface area contributed by atoms with Gasteiger partial charge in [0, 0.05) is 30.1 Å². The number of hydrogen-bond donors (Lipinski definition) is 1. The summed E-state index contributed by atoms with van der Waals surface area (Å²) in [5, 5.41) is 4.15. The fraction of sp³-hybridized carbons (Fsp3) is 0.611. The van der Waals surface area contributed by atoms with Gasteiger partial charge in [0.2, 0.25) is 5.91 Å². The molecule has 0 aliphatic carbocycles. The summed E-state index contributed by atoms with van der Waals surface area (Å²) in [5.74, 6) is 0.678. The highest BCUT2D eigenvalue weighted by Gasteiger charge is 2.29. The second-order valence-corrected chi connectivity index (χ2v) is 7.21. The van der Waals surface area contributed by atoms with E-state index < -0.39 is 0 Å². The van der Waals surface area contributed by atoms with E-state index in [2.05, 4.69) is 23.3 Å². The molecular formula is C18H26ClN3O. The zero-order valence-electron chi connectivity index (χ0n) is 13.8. The first-order chi connectivity index (χ1) is 11.1. The Kier molecular flexibility index (Phi) is 5.57. The van der Waals surface area contributed by atoms with E-state index in [1.165, 1.54) is 5.56 Å². The molecule has 1 aromatic rings. The van der Waals surface area contributed by atoms with Crippen LogP contribution in [0.2, 0.25) is 5.02 Å². The predicted molar refractivity (Wildman–Crippen MR) is 93.9 cm³/mol. The maximum Gasteiger partial charge on any atom is 0.236 e. The first kappa shape index (κ1) is 16.7. The van der Waals surface area contributed by atoms with Crippen molar-refractivity contribution in [1.29, 1.82) is 0 Å². The summed E-state index contributed by atoms with van der Waals surface area (Å²) in [6.45, 7) is 4.33. The van der Waals surface area contributed by atoms with Crippen LogP contribution in [-0.4, -0.2) is 61.5 Å². The molecule has 0 bridgehead atoms. The van der Waals surface area contributed by atoms with Crippen molar-refractivity contribution in [3.63, 3.8) is 0 Å². The summed E-state index contributed by atoms with van der Waals surface area (Å²) in [6.07, 6.45) is 3.30. The molecule has 1 amide bonds. The summed E-state index contributed by atoms with van der Waals surface area (Å²) in [6, 6.07) is 8.57. The molecule has 2 aliphatic rings. The second-order valence-electron chi connectivity index (χ2n) is 6.78. The molecule has 0 radical (unpaired) electrons. The quantitative estimate of drug-likeness (QED) is 0.917. The molecule has 2 saturated heterocycles. The molecule has 1 aromatic carbocycles. The summed E-state index contributed by atoms with van der Waals surface area (Å²) in [4.78, 5) is 16.8. The van der Waals surface area contributed by atoms with E-state index in [-0.39, 0.29) is 5.91 Å². The van der Waals surface area contributed by atoms with Crippen molar-refractivity contribution in [2.45, 2.75) is 31.2 Å². The summed E-state index contributed by atoms with van der Waals surface area (Å²) >= 11 is 6.08. The molecule has 0 spiro atoms. The van der Waals surface area contributed by atoms with Gasteiger partial charge in [0.25, 0.3) is 0 Å². The van der Waals surface area contributed by atoms with Crippen molar-refractivity contribution >= 4 is 17.5 Å². The van der Waals surface area contributed by atoms with Crippen molar-refractivity contribution in [1.82, 2.24) is 15.1 Å². The lowest BCUT2D eigenvalue weighted by Crippen LogP contribution is -2.46. The van der Waals surface area contributed by atoms with Crippen LogP contribution < -0.4 is 5.32 Å². The van der Waals surface area contributed by atoms with E-state index in [1.54, 1.807) is 0 Å². The second kappa shape index (κ2) is 7.65. The van der Waals surface area contributed by atoms with Gasteiger partial charge in [-0.3, -0.25) is 9.69 Å². The number of nitrogens with one attached hydrogen (secondary N) is 1. The average Bonchev–Trinajstić information content (AvgIpc) is 3.06. The largest absolute Gasteiger partial charge is 0.341 e. The van der Waals surface area contributed by atoms with Crippen molar-refractivity contribution in [2.24, 2.45) is 0 Å². The highest BCUT2D eigenvalue weighted by atomic mass is 35.5. The smallest absolute Gasteiger partial charge is 0.236 e. The average molecular weight is 336 g/mol. The molecule has 0 aromatic heterocycles. The zero-order chi connectivity index (χ0) is 16.2. The Bertz CT molecular complexity index is 545. The highest BCUT2D eigenvalue weighted by molar-refractivity contribution is 6.30. The Labute approximate surface area is 143 Å². The van der Waals surface area contributed by atoms with E-state index in [0.29, 0.717) is 18.5 Å². The molecule has 0 saturated carbocycles. The van der Waals surface area contributed by atoms with Crippen LogP contribution in [0.3, 0.4) is 0 Å². The van der Waals surface area contributed by atoms with Gasteiger partial charge < -0.3 is 10.2 Å². The lowest BCUT2D eigenvalue weighted by molar-refractivity contribution is -0.131. The van der Waals surface area contributed by atoms with Crippen LogP contribution in [0.25, 0.3) is 0 Å². The first-order valence-corrected chi connectivity index (χ1v) is 8.95. The normalized spacial score (nSPS) is 22.7. The molecule has 3 rings (SSSR count). The van der Waals surface area contributed by atoms with Crippen molar-refractivity contribution in [2.75, 3.05) is 39.8 Å². The molecule has 1 atom stereocenters. The number of hydrogen-bond acceptors (Lipinski definition) is 3. The van der Waals surface area contributed by atoms with E-state index in [4.69, 9.17) is 11.6 Å². The molecule has 126 valence electrons. The predicted octanol–water partition coefficient (Wildman–Crippen LogP) is 2.34. The highest BCUT2D eigenvalue weighted by Crippen LogP contribution is 2.28. The Balaban J connectivity index is 1.53. The van der Waals surface area contributed by atoms with Crippen LogP contribution in [0.5, 0.6) is 0 Å². The third kappa shape index (κ3) is 4.25. The number of halogens is 1. The number of nitrogens with zero attached hydrogens (tertiary/aromatic N) is 2. The maximum atomic E-state index is 12.6. The van der Waals surface area contributed by atoms with Crippen LogP contribution >= 0.6 is 11.6 Å². The summed E-state index contributed by atoms with van der Waals surface area (Å²) < 4.78 is 0. The minimum absolute atomic E-state index is 0.260. The number of amides is 1. The number of benzene rings is 1. The zero-order valence-corrected chi connectivity index (χ0v) is 14.6. The first-order valence-electron chi connectivity index (χ1n) is 8.57. The third-order valence-corrected chi connectivity index (χ3v) is 5.41.